The van der Waals surface area contributed by atoms with Crippen LogP contribution >= 0.6 is 0 Å². The zero-order valence-corrected chi connectivity index (χ0v) is 16.3. The van der Waals surface area contributed by atoms with Crippen LogP contribution in [-0.2, 0) is 0 Å². The van der Waals surface area contributed by atoms with Crippen molar-refractivity contribution < 1.29 is 14.6 Å². The topological polar surface area (TPSA) is 87.6 Å². The molecule has 1 amide bonds. The Morgan fingerprint density at radius 1 is 1.21 bits per heavy atom. The predicted octanol–water partition coefficient (Wildman–Crippen LogP) is 3.25. The number of rotatable bonds is 4. The first-order valence-electron chi connectivity index (χ1n) is 10.2. The minimum atomic E-state index is -0.837. The zero-order valence-electron chi connectivity index (χ0n) is 16.3. The van der Waals surface area contributed by atoms with Crippen LogP contribution in [0, 0.1) is 5.92 Å². The molecule has 7 heteroatoms. The van der Waals surface area contributed by atoms with E-state index in [1.54, 1.807) is 6.33 Å². The first-order chi connectivity index (χ1) is 13.6. The Morgan fingerprint density at radius 3 is 2.68 bits per heavy atom. The van der Waals surface area contributed by atoms with Crippen LogP contribution < -0.4 is 10.1 Å². The number of piperidine rings is 2. The number of amides is 1. The van der Waals surface area contributed by atoms with Gasteiger partial charge in [-0.15, -0.1) is 0 Å². The molecule has 2 fully saturated rings. The zero-order chi connectivity index (χ0) is 19.5. The van der Waals surface area contributed by atoms with Gasteiger partial charge in [-0.1, -0.05) is 0 Å². The molecule has 2 saturated heterocycles. The fraction of sp³-hybridized carbons (Fsp3) is 0.571. The molecule has 0 radical (unpaired) electrons. The van der Waals surface area contributed by atoms with E-state index in [1.807, 2.05) is 12.1 Å². The van der Waals surface area contributed by atoms with Crippen molar-refractivity contribution >= 4 is 17.0 Å². The molecule has 1 aromatic heterocycles. The molecule has 0 bridgehead atoms. The van der Waals surface area contributed by atoms with E-state index in [9.17, 15) is 4.79 Å². The quantitative estimate of drug-likeness (QED) is 0.841. The summed E-state index contributed by atoms with van der Waals surface area (Å²) in [6, 6.07) is 6.07. The summed E-state index contributed by atoms with van der Waals surface area (Å²) in [5, 5.41) is 13.6. The third-order valence-corrected chi connectivity index (χ3v) is 6.16. The number of hydrogen-bond donors (Lipinski definition) is 2. The van der Waals surface area contributed by atoms with E-state index in [2.05, 4.69) is 28.3 Å². The fourth-order valence-corrected chi connectivity index (χ4v) is 4.43. The van der Waals surface area contributed by atoms with Crippen molar-refractivity contribution in [2.45, 2.75) is 44.6 Å². The fourth-order valence-electron chi connectivity index (χ4n) is 4.43. The van der Waals surface area contributed by atoms with E-state index < -0.39 is 6.09 Å². The highest BCUT2D eigenvalue weighted by atomic mass is 16.5. The number of nitrogens with one attached hydrogen (secondary N) is 1. The van der Waals surface area contributed by atoms with Crippen LogP contribution in [0.4, 0.5) is 4.79 Å². The molecule has 2 aliphatic heterocycles. The molecule has 0 spiro atoms. The molecule has 0 aliphatic carbocycles. The van der Waals surface area contributed by atoms with E-state index in [0.29, 0.717) is 19.0 Å². The van der Waals surface area contributed by atoms with Crippen LogP contribution in [0.2, 0.25) is 0 Å². The van der Waals surface area contributed by atoms with Gasteiger partial charge < -0.3 is 20.1 Å². The maximum Gasteiger partial charge on any atom is 0.407 e. The number of carbonyl (C=O) groups is 1. The van der Waals surface area contributed by atoms with Gasteiger partial charge in [-0.25, -0.2) is 14.8 Å². The van der Waals surface area contributed by atoms with Crippen molar-refractivity contribution in [1.29, 1.82) is 0 Å². The van der Waals surface area contributed by atoms with Crippen LogP contribution in [0.5, 0.6) is 5.75 Å². The second-order valence-electron chi connectivity index (χ2n) is 7.89. The number of fused-ring (bicyclic) bond motifs is 1. The van der Waals surface area contributed by atoms with Crippen LogP contribution in [0.25, 0.3) is 10.9 Å². The SMILES string of the molecule is CC(Oc1ccc2c(C3CCN(C(=O)O)CC3)ncnc2c1)C1CCNCC1. The van der Waals surface area contributed by atoms with Crippen molar-refractivity contribution in [2.24, 2.45) is 5.92 Å². The second kappa shape index (κ2) is 8.31. The Labute approximate surface area is 165 Å². The van der Waals surface area contributed by atoms with Crippen LogP contribution in [0.1, 0.15) is 44.2 Å². The molecule has 1 unspecified atom stereocenters. The molecule has 2 N–H and O–H groups in total. The van der Waals surface area contributed by atoms with Crippen molar-refractivity contribution in [2.75, 3.05) is 26.2 Å². The maximum atomic E-state index is 11.1. The largest absolute Gasteiger partial charge is 0.490 e. The maximum absolute atomic E-state index is 11.1. The van der Waals surface area contributed by atoms with E-state index >= 15 is 0 Å². The molecule has 150 valence electrons. The molecule has 2 aliphatic rings. The standard InChI is InChI=1S/C21H28N4O3/c1-14(15-4-8-22-9-5-15)28-17-2-3-18-19(12-17)23-13-24-20(18)16-6-10-25(11-7-16)21(26)27/h2-3,12-16,22H,4-11H2,1H3,(H,26,27). The summed E-state index contributed by atoms with van der Waals surface area (Å²) in [4.78, 5) is 21.6. The first-order valence-corrected chi connectivity index (χ1v) is 10.2. The minimum absolute atomic E-state index is 0.182. The van der Waals surface area contributed by atoms with Gasteiger partial charge in [-0.3, -0.25) is 0 Å². The Morgan fingerprint density at radius 2 is 1.96 bits per heavy atom. The van der Waals surface area contributed by atoms with Crippen molar-refractivity contribution in [1.82, 2.24) is 20.2 Å². The lowest BCUT2D eigenvalue weighted by molar-refractivity contribution is 0.128. The normalized spacial score (nSPS) is 20.2. The number of ether oxygens (including phenoxy) is 1. The van der Waals surface area contributed by atoms with Crippen molar-refractivity contribution in [3.63, 3.8) is 0 Å². The van der Waals surface area contributed by atoms with E-state index in [4.69, 9.17) is 9.84 Å². The van der Waals surface area contributed by atoms with E-state index in [1.165, 1.54) is 4.90 Å². The Bertz CT molecular complexity index is 830. The Kier molecular flexibility index (Phi) is 5.62. The van der Waals surface area contributed by atoms with Crippen LogP contribution in [0.3, 0.4) is 0 Å². The third-order valence-electron chi connectivity index (χ3n) is 6.16. The highest BCUT2D eigenvalue weighted by molar-refractivity contribution is 5.82. The summed E-state index contributed by atoms with van der Waals surface area (Å²) in [5.74, 6) is 1.70. The van der Waals surface area contributed by atoms with E-state index in [0.717, 1.165) is 61.1 Å². The predicted molar refractivity (Wildman–Crippen MR) is 107 cm³/mol. The van der Waals surface area contributed by atoms with Crippen LogP contribution in [-0.4, -0.2) is 58.4 Å². The molecule has 7 nitrogen and oxygen atoms in total. The first kappa shape index (κ1) is 18.9. The highest BCUT2D eigenvalue weighted by Gasteiger charge is 2.26. The molecular formula is C21H28N4O3. The molecule has 28 heavy (non-hydrogen) atoms. The Balaban J connectivity index is 1.49. The molecular weight excluding hydrogens is 356 g/mol. The number of likely N-dealkylation sites (tertiary alicyclic amines) is 1. The van der Waals surface area contributed by atoms with Gasteiger partial charge in [0.25, 0.3) is 0 Å². The lowest BCUT2D eigenvalue weighted by Crippen LogP contribution is -2.37. The van der Waals surface area contributed by atoms with Gasteiger partial charge in [0.15, 0.2) is 0 Å². The molecule has 0 saturated carbocycles. The number of carboxylic acid groups (broad SMARTS) is 1. The lowest BCUT2D eigenvalue weighted by atomic mass is 9.91. The van der Waals surface area contributed by atoms with Crippen molar-refractivity contribution in [3.05, 3.63) is 30.2 Å². The van der Waals surface area contributed by atoms with Gasteiger partial charge in [0.2, 0.25) is 0 Å². The highest BCUT2D eigenvalue weighted by Crippen LogP contribution is 2.32. The van der Waals surface area contributed by atoms with Crippen molar-refractivity contribution in [3.8, 4) is 5.75 Å². The van der Waals surface area contributed by atoms with E-state index in [-0.39, 0.29) is 12.0 Å². The molecule has 2 aromatic rings. The van der Waals surface area contributed by atoms with Gasteiger partial charge in [0, 0.05) is 30.5 Å². The molecule has 4 rings (SSSR count). The van der Waals surface area contributed by atoms with Gasteiger partial charge in [-0.2, -0.15) is 0 Å². The minimum Gasteiger partial charge on any atom is -0.490 e. The van der Waals surface area contributed by atoms with Gasteiger partial charge in [0.1, 0.15) is 12.1 Å². The Hall–Kier alpha value is -2.41. The summed E-state index contributed by atoms with van der Waals surface area (Å²) >= 11 is 0. The third kappa shape index (κ3) is 4.04. The van der Waals surface area contributed by atoms with Gasteiger partial charge in [-0.05, 0) is 63.7 Å². The molecule has 1 atom stereocenters. The summed E-state index contributed by atoms with van der Waals surface area (Å²) in [6.45, 7) is 5.39. The summed E-state index contributed by atoms with van der Waals surface area (Å²) < 4.78 is 6.23. The average molecular weight is 384 g/mol. The molecule has 1 aromatic carbocycles. The van der Waals surface area contributed by atoms with Crippen LogP contribution in [0.15, 0.2) is 24.5 Å². The number of nitrogens with zero attached hydrogens (tertiary/aromatic N) is 3. The molecule has 3 heterocycles. The smallest absolute Gasteiger partial charge is 0.407 e. The second-order valence-corrected chi connectivity index (χ2v) is 7.89. The summed E-state index contributed by atoms with van der Waals surface area (Å²) in [6.07, 6.45) is 4.84. The number of hydrogen-bond acceptors (Lipinski definition) is 5. The number of benzene rings is 1. The summed E-state index contributed by atoms with van der Waals surface area (Å²) in [7, 11) is 0. The average Bonchev–Trinajstić information content (AvgIpc) is 2.74. The monoisotopic (exact) mass is 384 g/mol. The van der Waals surface area contributed by atoms with Gasteiger partial charge >= 0.3 is 6.09 Å². The number of aromatic nitrogens is 2. The van der Waals surface area contributed by atoms with Gasteiger partial charge in [0.05, 0.1) is 17.3 Å². The lowest BCUT2D eigenvalue weighted by Gasteiger charge is -2.30. The summed E-state index contributed by atoms with van der Waals surface area (Å²) in [5.41, 5.74) is 1.91.